The molecule has 2 rings (SSSR count). The van der Waals surface area contributed by atoms with Crippen LogP contribution in [-0.2, 0) is 14.4 Å². The Kier molecular flexibility index (Phi) is 5.44. The Labute approximate surface area is 139 Å². The number of carbonyl (C=O) groups excluding carboxylic acids is 3. The van der Waals surface area contributed by atoms with Gasteiger partial charge in [-0.1, -0.05) is 11.6 Å². The van der Waals surface area contributed by atoms with Gasteiger partial charge in [0.2, 0.25) is 6.41 Å². The molecule has 0 atom stereocenters. The Morgan fingerprint density at radius 3 is 2.48 bits per heavy atom. The van der Waals surface area contributed by atoms with Crippen molar-refractivity contribution in [1.82, 2.24) is 9.80 Å². The molecule has 0 radical (unpaired) electrons. The molecule has 0 bridgehead atoms. The number of ether oxygens (including phenoxy) is 1. The summed E-state index contributed by atoms with van der Waals surface area (Å²) in [4.78, 5) is 38.0. The van der Waals surface area contributed by atoms with E-state index in [-0.39, 0.29) is 0 Å². The normalized spacial score (nSPS) is 14.4. The molecular weight excluding hydrogens is 322 g/mol. The van der Waals surface area contributed by atoms with E-state index in [0.717, 1.165) is 12.0 Å². The Balaban J connectivity index is 2.06. The summed E-state index contributed by atoms with van der Waals surface area (Å²) in [7, 11) is 1.46. The summed E-state index contributed by atoms with van der Waals surface area (Å²) in [5.41, 5.74) is 1.15. The number of halogens is 1. The third-order valence-electron chi connectivity index (χ3n) is 3.67. The third-order valence-corrected chi connectivity index (χ3v) is 4.08. The molecule has 1 fully saturated rings. The number of hydrogen-bond donors (Lipinski definition) is 1. The number of benzene rings is 1. The van der Waals surface area contributed by atoms with Gasteiger partial charge in [0.15, 0.2) is 0 Å². The Hall–Kier alpha value is -2.28. The van der Waals surface area contributed by atoms with Crippen molar-refractivity contribution in [2.75, 3.05) is 38.6 Å². The van der Waals surface area contributed by atoms with Gasteiger partial charge in [-0.3, -0.25) is 14.4 Å². The molecular formula is C15H18ClN3O4. The summed E-state index contributed by atoms with van der Waals surface area (Å²) < 4.78 is 5.17. The van der Waals surface area contributed by atoms with Crippen LogP contribution in [0, 0.1) is 6.92 Å². The monoisotopic (exact) mass is 339 g/mol. The average Bonchev–Trinajstić information content (AvgIpc) is 2.57. The van der Waals surface area contributed by atoms with Gasteiger partial charge < -0.3 is 19.9 Å². The van der Waals surface area contributed by atoms with Gasteiger partial charge in [0.25, 0.3) is 0 Å². The lowest BCUT2D eigenvalue weighted by Gasteiger charge is -2.32. The van der Waals surface area contributed by atoms with Crippen molar-refractivity contribution in [3.05, 3.63) is 22.7 Å². The van der Waals surface area contributed by atoms with E-state index in [1.165, 1.54) is 12.0 Å². The first-order valence-corrected chi connectivity index (χ1v) is 7.47. The predicted molar refractivity (Wildman–Crippen MR) is 85.6 cm³/mol. The van der Waals surface area contributed by atoms with Gasteiger partial charge in [-0.25, -0.2) is 0 Å². The molecule has 0 aromatic heterocycles. The summed E-state index contributed by atoms with van der Waals surface area (Å²) >= 11 is 6.01. The zero-order valence-corrected chi connectivity index (χ0v) is 13.7. The molecule has 1 aromatic rings. The molecule has 1 saturated heterocycles. The van der Waals surface area contributed by atoms with Crippen molar-refractivity contribution >= 4 is 35.5 Å². The molecule has 1 aliphatic rings. The van der Waals surface area contributed by atoms with Crippen LogP contribution in [0.3, 0.4) is 0 Å². The lowest BCUT2D eigenvalue weighted by atomic mass is 10.2. The summed E-state index contributed by atoms with van der Waals surface area (Å²) in [6.45, 7) is 3.30. The fourth-order valence-electron chi connectivity index (χ4n) is 2.28. The quantitative estimate of drug-likeness (QED) is 0.655. The second-order valence-corrected chi connectivity index (χ2v) is 5.60. The van der Waals surface area contributed by atoms with E-state index in [1.54, 1.807) is 24.0 Å². The molecule has 1 N–H and O–H groups in total. The van der Waals surface area contributed by atoms with Gasteiger partial charge in [0.05, 0.1) is 12.8 Å². The molecule has 1 heterocycles. The van der Waals surface area contributed by atoms with E-state index in [1.807, 2.05) is 0 Å². The summed E-state index contributed by atoms with van der Waals surface area (Å²) in [5.74, 6) is -0.998. The largest absolute Gasteiger partial charge is 0.495 e. The van der Waals surface area contributed by atoms with E-state index in [4.69, 9.17) is 16.3 Å². The van der Waals surface area contributed by atoms with Gasteiger partial charge in [0.1, 0.15) is 5.75 Å². The van der Waals surface area contributed by atoms with Crippen LogP contribution in [0.15, 0.2) is 12.1 Å². The Morgan fingerprint density at radius 2 is 1.91 bits per heavy atom. The zero-order chi connectivity index (χ0) is 17.0. The van der Waals surface area contributed by atoms with Crippen molar-refractivity contribution in [3.63, 3.8) is 0 Å². The molecule has 7 nitrogen and oxygen atoms in total. The van der Waals surface area contributed by atoms with E-state index < -0.39 is 11.8 Å². The third kappa shape index (κ3) is 3.92. The van der Waals surface area contributed by atoms with Crippen LogP contribution in [0.1, 0.15) is 5.56 Å². The van der Waals surface area contributed by atoms with Crippen molar-refractivity contribution in [2.24, 2.45) is 0 Å². The van der Waals surface area contributed by atoms with Crippen LogP contribution < -0.4 is 10.1 Å². The molecule has 0 spiro atoms. The minimum Gasteiger partial charge on any atom is -0.495 e. The smallest absolute Gasteiger partial charge is 0.314 e. The molecule has 23 heavy (non-hydrogen) atoms. The van der Waals surface area contributed by atoms with Gasteiger partial charge in [-0.05, 0) is 18.6 Å². The number of methoxy groups -OCH3 is 1. The number of nitrogens with zero attached hydrogens (tertiary/aromatic N) is 2. The lowest BCUT2D eigenvalue weighted by Crippen LogP contribution is -2.51. The van der Waals surface area contributed by atoms with E-state index in [9.17, 15) is 14.4 Å². The SMILES string of the molecule is COc1cc(Cl)c(C)cc1NC(=O)C(=O)N1CCN(C=O)CC1. The van der Waals surface area contributed by atoms with E-state index in [2.05, 4.69) is 5.32 Å². The highest BCUT2D eigenvalue weighted by Crippen LogP contribution is 2.30. The Bertz CT molecular complexity index is 627. The van der Waals surface area contributed by atoms with E-state index in [0.29, 0.717) is 42.6 Å². The summed E-state index contributed by atoms with van der Waals surface area (Å²) in [6.07, 6.45) is 0.739. The number of anilines is 1. The van der Waals surface area contributed by atoms with Crippen LogP contribution in [0.5, 0.6) is 5.75 Å². The van der Waals surface area contributed by atoms with Gasteiger partial charge in [-0.2, -0.15) is 0 Å². The highest BCUT2D eigenvalue weighted by atomic mass is 35.5. The highest BCUT2D eigenvalue weighted by Gasteiger charge is 2.26. The van der Waals surface area contributed by atoms with Crippen molar-refractivity contribution < 1.29 is 19.1 Å². The minimum atomic E-state index is -0.746. The van der Waals surface area contributed by atoms with Crippen molar-refractivity contribution in [2.45, 2.75) is 6.92 Å². The number of amides is 3. The second kappa shape index (κ2) is 7.32. The van der Waals surface area contributed by atoms with Crippen LogP contribution in [0.4, 0.5) is 5.69 Å². The minimum absolute atomic E-state index is 0.335. The number of piperazine rings is 1. The molecule has 1 aromatic carbocycles. The first kappa shape index (κ1) is 17.1. The first-order valence-electron chi connectivity index (χ1n) is 7.10. The number of carbonyl (C=O) groups is 3. The van der Waals surface area contributed by atoms with Crippen LogP contribution in [-0.4, -0.2) is 61.3 Å². The van der Waals surface area contributed by atoms with Gasteiger partial charge >= 0.3 is 11.8 Å². The first-order chi connectivity index (χ1) is 11.0. The van der Waals surface area contributed by atoms with Crippen molar-refractivity contribution in [3.8, 4) is 5.75 Å². The predicted octanol–water partition coefficient (Wildman–Crippen LogP) is 0.896. The van der Waals surface area contributed by atoms with Gasteiger partial charge in [0, 0.05) is 37.3 Å². The maximum atomic E-state index is 12.2. The Morgan fingerprint density at radius 1 is 1.26 bits per heavy atom. The van der Waals surface area contributed by atoms with E-state index >= 15 is 0 Å². The molecule has 0 saturated carbocycles. The summed E-state index contributed by atoms with van der Waals surface area (Å²) in [6, 6.07) is 3.23. The summed E-state index contributed by atoms with van der Waals surface area (Å²) in [5, 5.41) is 3.07. The molecule has 124 valence electrons. The lowest BCUT2D eigenvalue weighted by molar-refractivity contribution is -0.144. The maximum Gasteiger partial charge on any atom is 0.314 e. The fourth-order valence-corrected chi connectivity index (χ4v) is 2.43. The molecule has 0 aliphatic carbocycles. The van der Waals surface area contributed by atoms with Gasteiger partial charge in [-0.15, -0.1) is 0 Å². The number of nitrogens with one attached hydrogen (secondary N) is 1. The second-order valence-electron chi connectivity index (χ2n) is 5.19. The number of hydrogen-bond acceptors (Lipinski definition) is 4. The standard InChI is InChI=1S/C15H18ClN3O4/c1-10-7-12(13(23-2)8-11(10)16)17-14(21)15(22)19-5-3-18(9-20)4-6-19/h7-9H,3-6H2,1-2H3,(H,17,21). The zero-order valence-electron chi connectivity index (χ0n) is 13.0. The van der Waals surface area contributed by atoms with Crippen LogP contribution >= 0.6 is 11.6 Å². The average molecular weight is 340 g/mol. The molecule has 3 amide bonds. The van der Waals surface area contributed by atoms with Crippen LogP contribution in [0.2, 0.25) is 5.02 Å². The van der Waals surface area contributed by atoms with Crippen molar-refractivity contribution in [1.29, 1.82) is 0 Å². The van der Waals surface area contributed by atoms with Crippen LogP contribution in [0.25, 0.3) is 0 Å². The topological polar surface area (TPSA) is 79.0 Å². The molecule has 0 unspecified atom stereocenters. The highest BCUT2D eigenvalue weighted by molar-refractivity contribution is 6.39. The number of aryl methyl sites for hydroxylation is 1. The fraction of sp³-hybridized carbons (Fsp3) is 0.400. The molecule has 8 heteroatoms. The maximum absolute atomic E-state index is 12.2. The number of rotatable bonds is 3. The molecule has 1 aliphatic heterocycles.